The molecule has 3 rings (SSSR count). The molecule has 0 bridgehead atoms. The molecule has 1 aromatic carbocycles. The molecule has 4 nitrogen and oxygen atoms in total. The maximum Gasteiger partial charge on any atom is 0.263 e. The van der Waals surface area contributed by atoms with Gasteiger partial charge in [-0.15, -0.1) is 11.3 Å². The van der Waals surface area contributed by atoms with Gasteiger partial charge in [0.05, 0.1) is 11.1 Å². The lowest BCUT2D eigenvalue weighted by molar-refractivity contribution is 0.480. The first-order chi connectivity index (χ1) is 9.11. The molecule has 2 heterocycles. The van der Waals surface area contributed by atoms with Crippen LogP contribution in [0.2, 0.25) is 0 Å². The predicted octanol–water partition coefficient (Wildman–Crippen LogP) is 2.68. The summed E-state index contributed by atoms with van der Waals surface area (Å²) in [5.74, 6) is -0.0337. The topological polar surface area (TPSA) is 55.1 Å². The Labute approximate surface area is 113 Å². The molecule has 0 saturated carbocycles. The van der Waals surface area contributed by atoms with Gasteiger partial charge in [-0.05, 0) is 18.1 Å². The van der Waals surface area contributed by atoms with Gasteiger partial charge in [0.25, 0.3) is 5.56 Å². The van der Waals surface area contributed by atoms with Gasteiger partial charge in [0.1, 0.15) is 10.3 Å². The van der Waals surface area contributed by atoms with Crippen molar-refractivity contribution in [1.29, 1.82) is 0 Å². The molecule has 0 amide bonds. The normalized spacial score (nSPS) is 11.1. The number of hydrogen-bond donors (Lipinski definition) is 1. The first-order valence-corrected chi connectivity index (χ1v) is 6.70. The Hall–Kier alpha value is -2.14. The van der Waals surface area contributed by atoms with Crippen molar-refractivity contribution in [2.45, 2.75) is 6.92 Å². The summed E-state index contributed by atoms with van der Waals surface area (Å²) >= 11 is 1.34. The molecule has 2 aromatic heterocycles. The quantitative estimate of drug-likeness (QED) is 0.741. The summed E-state index contributed by atoms with van der Waals surface area (Å²) in [6.07, 6.45) is 0. The van der Waals surface area contributed by atoms with Gasteiger partial charge >= 0.3 is 0 Å². The molecule has 1 N–H and O–H groups in total. The summed E-state index contributed by atoms with van der Waals surface area (Å²) < 4.78 is 1.54. The molecule has 0 aliphatic rings. The molecule has 0 fully saturated rings. The number of nitrogens with zero attached hydrogens (tertiary/aromatic N) is 2. The van der Waals surface area contributed by atoms with Crippen LogP contribution in [0, 0.1) is 6.92 Å². The Morgan fingerprint density at radius 3 is 2.79 bits per heavy atom. The lowest BCUT2D eigenvalue weighted by atomic mass is 10.0. The van der Waals surface area contributed by atoms with E-state index in [-0.39, 0.29) is 11.3 Å². The highest BCUT2D eigenvalue weighted by atomic mass is 32.1. The van der Waals surface area contributed by atoms with Crippen molar-refractivity contribution >= 4 is 21.7 Å². The Morgan fingerprint density at radius 1 is 1.32 bits per heavy atom. The van der Waals surface area contributed by atoms with Crippen molar-refractivity contribution in [1.82, 2.24) is 9.55 Å². The van der Waals surface area contributed by atoms with Crippen LogP contribution >= 0.6 is 11.3 Å². The van der Waals surface area contributed by atoms with Gasteiger partial charge in [0.15, 0.2) is 5.75 Å². The molecule has 19 heavy (non-hydrogen) atoms. The number of pyridine rings is 1. The fraction of sp³-hybridized carbons (Fsp3) is 0.143. The van der Waals surface area contributed by atoms with Crippen molar-refractivity contribution in [3.05, 3.63) is 45.7 Å². The van der Waals surface area contributed by atoms with Crippen molar-refractivity contribution in [2.75, 3.05) is 0 Å². The van der Waals surface area contributed by atoms with Crippen LogP contribution in [0.3, 0.4) is 0 Å². The molecule has 0 aliphatic heterocycles. The zero-order valence-corrected chi connectivity index (χ0v) is 11.4. The minimum Gasteiger partial charge on any atom is -0.505 e. The Kier molecular flexibility index (Phi) is 2.64. The first kappa shape index (κ1) is 11.9. The number of aryl methyl sites for hydroxylation is 2. The minimum atomic E-state index is -0.205. The van der Waals surface area contributed by atoms with Crippen LogP contribution in [0.25, 0.3) is 21.5 Å². The summed E-state index contributed by atoms with van der Waals surface area (Å²) in [5.41, 5.74) is 3.92. The SMILES string of the molecule is Cc1ccccc1-c1c(O)c2ncsc2n(C)c1=O. The van der Waals surface area contributed by atoms with E-state index in [9.17, 15) is 9.90 Å². The number of hydrogen-bond acceptors (Lipinski definition) is 4. The summed E-state index contributed by atoms with van der Waals surface area (Å²) in [4.78, 5) is 17.3. The Balaban J connectivity index is 2.49. The second kappa shape index (κ2) is 4.20. The highest BCUT2D eigenvalue weighted by Crippen LogP contribution is 2.34. The molecule has 0 saturated heterocycles. The van der Waals surface area contributed by atoms with Crippen LogP contribution in [0.15, 0.2) is 34.6 Å². The fourth-order valence-corrected chi connectivity index (χ4v) is 2.98. The summed E-state index contributed by atoms with van der Waals surface area (Å²) in [6.45, 7) is 1.92. The maximum absolute atomic E-state index is 12.4. The van der Waals surface area contributed by atoms with E-state index < -0.39 is 0 Å². The van der Waals surface area contributed by atoms with Gasteiger partial charge in [0.2, 0.25) is 0 Å². The second-order valence-corrected chi connectivity index (χ2v) is 5.24. The number of fused-ring (bicyclic) bond motifs is 1. The van der Waals surface area contributed by atoms with E-state index in [1.165, 1.54) is 15.9 Å². The second-order valence-electron chi connectivity index (χ2n) is 4.41. The smallest absolute Gasteiger partial charge is 0.263 e. The van der Waals surface area contributed by atoms with E-state index in [4.69, 9.17) is 0 Å². The number of rotatable bonds is 1. The largest absolute Gasteiger partial charge is 0.505 e. The predicted molar refractivity (Wildman–Crippen MR) is 76.7 cm³/mol. The average Bonchev–Trinajstić information content (AvgIpc) is 2.88. The maximum atomic E-state index is 12.4. The number of thiazole rings is 1. The number of aromatic hydroxyl groups is 1. The van der Waals surface area contributed by atoms with Gasteiger partial charge in [-0.3, -0.25) is 4.79 Å². The first-order valence-electron chi connectivity index (χ1n) is 5.82. The van der Waals surface area contributed by atoms with Crippen LogP contribution in [0.1, 0.15) is 5.56 Å². The van der Waals surface area contributed by atoms with Crippen LogP contribution < -0.4 is 5.56 Å². The van der Waals surface area contributed by atoms with Crippen LogP contribution in [-0.2, 0) is 7.05 Å². The van der Waals surface area contributed by atoms with E-state index >= 15 is 0 Å². The molecule has 96 valence electrons. The molecule has 0 radical (unpaired) electrons. The fourth-order valence-electron chi connectivity index (χ4n) is 2.22. The zero-order chi connectivity index (χ0) is 13.6. The average molecular weight is 272 g/mol. The lowest BCUT2D eigenvalue weighted by Crippen LogP contribution is -2.18. The third-order valence-electron chi connectivity index (χ3n) is 3.25. The van der Waals surface area contributed by atoms with Crippen molar-refractivity contribution < 1.29 is 5.11 Å². The Morgan fingerprint density at radius 2 is 2.05 bits per heavy atom. The van der Waals surface area contributed by atoms with Crippen molar-refractivity contribution in [2.24, 2.45) is 7.05 Å². The molecule has 0 atom stereocenters. The molecule has 0 aliphatic carbocycles. The summed E-state index contributed by atoms with van der Waals surface area (Å²) in [5, 5.41) is 10.4. The highest BCUT2D eigenvalue weighted by molar-refractivity contribution is 7.16. The van der Waals surface area contributed by atoms with Crippen LogP contribution in [-0.4, -0.2) is 14.7 Å². The van der Waals surface area contributed by atoms with Gasteiger partial charge in [-0.25, -0.2) is 4.98 Å². The third kappa shape index (κ3) is 1.66. The van der Waals surface area contributed by atoms with Crippen LogP contribution in [0.4, 0.5) is 0 Å². The Bertz CT molecular complexity index is 833. The molecular weight excluding hydrogens is 260 g/mol. The van der Waals surface area contributed by atoms with Crippen molar-refractivity contribution in [3.8, 4) is 16.9 Å². The number of benzene rings is 1. The molecule has 0 spiro atoms. The van der Waals surface area contributed by atoms with E-state index in [0.717, 1.165) is 11.1 Å². The minimum absolute atomic E-state index is 0.0337. The molecule has 3 aromatic rings. The van der Waals surface area contributed by atoms with Gasteiger partial charge < -0.3 is 9.67 Å². The molecule has 0 unspecified atom stereocenters. The highest BCUT2D eigenvalue weighted by Gasteiger charge is 2.19. The number of aromatic nitrogens is 2. The molecule has 5 heteroatoms. The van der Waals surface area contributed by atoms with Gasteiger partial charge in [-0.1, -0.05) is 24.3 Å². The molecular formula is C14H12N2O2S. The van der Waals surface area contributed by atoms with Crippen LogP contribution in [0.5, 0.6) is 5.75 Å². The lowest BCUT2D eigenvalue weighted by Gasteiger charge is -2.10. The van der Waals surface area contributed by atoms with Gasteiger partial charge in [-0.2, -0.15) is 0 Å². The van der Waals surface area contributed by atoms with E-state index in [1.54, 1.807) is 12.6 Å². The van der Waals surface area contributed by atoms with E-state index in [0.29, 0.717) is 15.9 Å². The summed E-state index contributed by atoms with van der Waals surface area (Å²) in [7, 11) is 1.70. The van der Waals surface area contributed by atoms with Gasteiger partial charge in [0, 0.05) is 7.05 Å². The van der Waals surface area contributed by atoms with E-state index in [1.807, 2.05) is 31.2 Å². The van der Waals surface area contributed by atoms with Crippen molar-refractivity contribution in [3.63, 3.8) is 0 Å². The standard InChI is InChI=1S/C14H12N2O2S/c1-8-5-3-4-6-9(8)10-12(17)11-14(19-7-15-11)16(2)13(10)18/h3-7,17H,1-2H3. The van der Waals surface area contributed by atoms with E-state index in [2.05, 4.69) is 4.98 Å². The third-order valence-corrected chi connectivity index (χ3v) is 4.15. The zero-order valence-electron chi connectivity index (χ0n) is 10.5. The summed E-state index contributed by atoms with van der Waals surface area (Å²) in [6, 6.07) is 7.51. The monoisotopic (exact) mass is 272 g/mol.